The Morgan fingerprint density at radius 3 is 2.70 bits per heavy atom. The lowest BCUT2D eigenvalue weighted by Gasteiger charge is -2.16. The molecule has 0 saturated heterocycles. The van der Waals surface area contributed by atoms with Gasteiger partial charge in [0.2, 0.25) is 0 Å². The minimum atomic E-state index is -0.586. The molecule has 1 aliphatic carbocycles. The normalized spacial score (nSPS) is 33.2. The number of alkyl halides is 1. The molecule has 0 aliphatic heterocycles. The lowest BCUT2D eigenvalue weighted by Crippen LogP contribution is -2.13. The second kappa shape index (κ2) is 2.93. The van der Waals surface area contributed by atoms with Gasteiger partial charge in [0.1, 0.15) is 5.83 Å². The van der Waals surface area contributed by atoms with E-state index in [1.54, 1.807) is 12.2 Å². The lowest BCUT2D eigenvalue weighted by atomic mass is 10.0. The van der Waals surface area contributed by atoms with Crippen LogP contribution in [0.25, 0.3) is 0 Å². The molecule has 0 amide bonds. The molecule has 1 rings (SSSR count). The van der Waals surface area contributed by atoms with Gasteiger partial charge in [0.15, 0.2) is 0 Å². The molecular formula is C7H7Cl2F. The summed E-state index contributed by atoms with van der Waals surface area (Å²) < 4.78 is 12.8. The average molecular weight is 181 g/mol. The van der Waals surface area contributed by atoms with E-state index >= 15 is 0 Å². The monoisotopic (exact) mass is 180 g/mol. The van der Waals surface area contributed by atoms with Crippen LogP contribution in [0.15, 0.2) is 23.0 Å². The summed E-state index contributed by atoms with van der Waals surface area (Å²) in [6, 6.07) is 0. The van der Waals surface area contributed by atoms with Gasteiger partial charge in [-0.2, -0.15) is 0 Å². The Hall–Kier alpha value is -0.0100. The van der Waals surface area contributed by atoms with Crippen LogP contribution in [0.2, 0.25) is 0 Å². The van der Waals surface area contributed by atoms with Crippen LogP contribution < -0.4 is 0 Å². The molecule has 0 bridgehead atoms. The summed E-state index contributed by atoms with van der Waals surface area (Å²) in [4.78, 5) is 0. The molecule has 0 aromatic rings. The quantitative estimate of drug-likeness (QED) is 0.503. The van der Waals surface area contributed by atoms with Gasteiger partial charge in [-0.3, -0.25) is 0 Å². The highest BCUT2D eigenvalue weighted by atomic mass is 35.5. The number of halogens is 3. The van der Waals surface area contributed by atoms with E-state index in [0.29, 0.717) is 0 Å². The highest BCUT2D eigenvalue weighted by Crippen LogP contribution is 2.30. The molecule has 0 radical (unpaired) electrons. The summed E-state index contributed by atoms with van der Waals surface area (Å²) >= 11 is 11.1. The van der Waals surface area contributed by atoms with Crippen molar-refractivity contribution in [3.8, 4) is 0 Å². The highest BCUT2D eigenvalue weighted by molar-refractivity contribution is 6.33. The van der Waals surface area contributed by atoms with Gasteiger partial charge < -0.3 is 0 Å². The number of allylic oxidation sites excluding steroid dienone is 4. The third-order valence-electron chi connectivity index (χ3n) is 1.48. The third-order valence-corrected chi connectivity index (χ3v) is 2.37. The number of hydrogen-bond donors (Lipinski definition) is 0. The first-order valence-electron chi connectivity index (χ1n) is 3.00. The van der Waals surface area contributed by atoms with Crippen LogP contribution in [0, 0.1) is 5.92 Å². The van der Waals surface area contributed by atoms with Gasteiger partial charge >= 0.3 is 0 Å². The van der Waals surface area contributed by atoms with Crippen LogP contribution >= 0.6 is 23.2 Å². The molecule has 10 heavy (non-hydrogen) atoms. The van der Waals surface area contributed by atoms with Crippen LogP contribution in [-0.4, -0.2) is 5.38 Å². The maximum atomic E-state index is 12.8. The second-order valence-electron chi connectivity index (χ2n) is 2.32. The van der Waals surface area contributed by atoms with Crippen molar-refractivity contribution in [1.82, 2.24) is 0 Å². The van der Waals surface area contributed by atoms with E-state index < -0.39 is 11.2 Å². The molecule has 2 atom stereocenters. The summed E-state index contributed by atoms with van der Waals surface area (Å²) in [5, 5.41) is -0.462. The van der Waals surface area contributed by atoms with E-state index in [9.17, 15) is 4.39 Å². The van der Waals surface area contributed by atoms with Crippen molar-refractivity contribution in [2.45, 2.75) is 12.3 Å². The van der Waals surface area contributed by atoms with Gasteiger partial charge in [0, 0.05) is 0 Å². The fourth-order valence-corrected chi connectivity index (χ4v) is 1.22. The molecule has 3 heteroatoms. The van der Waals surface area contributed by atoms with Crippen molar-refractivity contribution in [3.05, 3.63) is 23.0 Å². The zero-order chi connectivity index (χ0) is 7.72. The first-order chi connectivity index (χ1) is 4.63. The van der Waals surface area contributed by atoms with Crippen molar-refractivity contribution in [2.75, 3.05) is 0 Å². The van der Waals surface area contributed by atoms with Crippen molar-refractivity contribution in [3.63, 3.8) is 0 Å². The molecule has 0 fully saturated rings. The van der Waals surface area contributed by atoms with Crippen LogP contribution in [0.3, 0.4) is 0 Å². The van der Waals surface area contributed by atoms with Gasteiger partial charge in [-0.05, 0) is 12.0 Å². The van der Waals surface area contributed by atoms with Crippen molar-refractivity contribution < 1.29 is 4.39 Å². The van der Waals surface area contributed by atoms with Crippen LogP contribution in [0.1, 0.15) is 6.92 Å². The molecule has 1 aliphatic rings. The summed E-state index contributed by atoms with van der Waals surface area (Å²) in [5.74, 6) is -0.387. The third kappa shape index (κ3) is 1.35. The van der Waals surface area contributed by atoms with E-state index in [1.807, 2.05) is 6.92 Å². The average Bonchev–Trinajstić information content (AvgIpc) is 1.93. The number of rotatable bonds is 0. The van der Waals surface area contributed by atoms with E-state index in [-0.39, 0.29) is 11.0 Å². The standard InChI is InChI=1S/C7H7Cl2F/c1-4-2-3-5(8)7(10)6(4)9/h2-4,6H,1H3. The lowest BCUT2D eigenvalue weighted by molar-refractivity contribution is 0.539. The van der Waals surface area contributed by atoms with Crippen molar-refractivity contribution in [1.29, 1.82) is 0 Å². The predicted molar refractivity (Wildman–Crippen MR) is 41.9 cm³/mol. The first kappa shape index (κ1) is 8.09. The van der Waals surface area contributed by atoms with E-state index in [4.69, 9.17) is 23.2 Å². The van der Waals surface area contributed by atoms with E-state index in [1.165, 1.54) is 0 Å². The largest absolute Gasteiger partial charge is 0.209 e. The number of hydrogen-bond acceptors (Lipinski definition) is 0. The Kier molecular flexibility index (Phi) is 2.37. The van der Waals surface area contributed by atoms with E-state index in [0.717, 1.165) is 0 Å². The van der Waals surface area contributed by atoms with Crippen LogP contribution in [0.5, 0.6) is 0 Å². The molecule has 0 spiro atoms. The van der Waals surface area contributed by atoms with Crippen LogP contribution in [-0.2, 0) is 0 Å². The Labute approximate surface area is 69.3 Å². The molecule has 0 aromatic carbocycles. The molecule has 0 aromatic heterocycles. The zero-order valence-corrected chi connectivity index (χ0v) is 6.96. The van der Waals surface area contributed by atoms with Crippen molar-refractivity contribution >= 4 is 23.2 Å². The fourth-order valence-electron chi connectivity index (χ4n) is 0.776. The smallest absolute Gasteiger partial charge is 0.137 e. The van der Waals surface area contributed by atoms with Gasteiger partial charge in [0.25, 0.3) is 0 Å². The molecule has 2 unspecified atom stereocenters. The molecular weight excluding hydrogens is 174 g/mol. The zero-order valence-electron chi connectivity index (χ0n) is 5.44. The van der Waals surface area contributed by atoms with Gasteiger partial charge in [0.05, 0.1) is 10.4 Å². The first-order valence-corrected chi connectivity index (χ1v) is 3.82. The van der Waals surface area contributed by atoms with Crippen LogP contribution in [0.4, 0.5) is 4.39 Å². The molecule has 0 nitrogen and oxygen atoms in total. The fraction of sp³-hybridized carbons (Fsp3) is 0.429. The second-order valence-corrected chi connectivity index (χ2v) is 3.19. The SMILES string of the molecule is CC1C=CC(Cl)=C(F)C1Cl. The Morgan fingerprint density at radius 1 is 1.60 bits per heavy atom. The maximum absolute atomic E-state index is 12.8. The minimum Gasteiger partial charge on any atom is -0.209 e. The Morgan fingerprint density at radius 2 is 2.20 bits per heavy atom. The summed E-state index contributed by atoms with van der Waals surface area (Å²) in [5.41, 5.74) is 0. The summed E-state index contributed by atoms with van der Waals surface area (Å²) in [6.07, 6.45) is 3.34. The van der Waals surface area contributed by atoms with E-state index in [2.05, 4.69) is 0 Å². The maximum Gasteiger partial charge on any atom is 0.137 e. The van der Waals surface area contributed by atoms with Gasteiger partial charge in [-0.1, -0.05) is 24.6 Å². The summed E-state index contributed by atoms with van der Waals surface area (Å²) in [7, 11) is 0. The van der Waals surface area contributed by atoms with Gasteiger partial charge in [-0.15, -0.1) is 11.6 Å². The minimum absolute atomic E-state index is 0.0316. The predicted octanol–water partition coefficient (Wildman–Crippen LogP) is 3.22. The molecule has 0 saturated carbocycles. The Bertz CT molecular complexity index is 196. The molecule has 56 valence electrons. The molecule has 0 heterocycles. The van der Waals surface area contributed by atoms with Crippen molar-refractivity contribution in [2.24, 2.45) is 5.92 Å². The highest BCUT2D eigenvalue weighted by Gasteiger charge is 2.22. The Balaban J connectivity index is 2.88. The van der Waals surface area contributed by atoms with Gasteiger partial charge in [-0.25, -0.2) is 4.39 Å². The summed E-state index contributed by atoms with van der Waals surface area (Å²) in [6.45, 7) is 1.84. The topological polar surface area (TPSA) is 0 Å². The molecule has 0 N–H and O–H groups in total.